The summed E-state index contributed by atoms with van der Waals surface area (Å²) in [5, 5.41) is 0.755. The summed E-state index contributed by atoms with van der Waals surface area (Å²) in [6.07, 6.45) is 4.22. The Morgan fingerprint density at radius 2 is 1.97 bits per heavy atom. The molecule has 1 aromatic heterocycles. The number of hydrogen-bond donors (Lipinski definition) is 0. The molecule has 29 heavy (non-hydrogen) atoms. The van der Waals surface area contributed by atoms with Gasteiger partial charge < -0.3 is 0 Å². The van der Waals surface area contributed by atoms with Gasteiger partial charge in [0.1, 0.15) is 0 Å². The third-order valence-corrected chi connectivity index (χ3v) is 7.68. The minimum atomic E-state index is -3.28. The maximum atomic E-state index is 12.7. The number of para-hydroxylation sites is 1. The Kier molecular flexibility index (Phi) is 5.47. The molecule has 4 rings (SSSR count). The summed E-state index contributed by atoms with van der Waals surface area (Å²) in [6.45, 7) is 2.08. The highest BCUT2D eigenvalue weighted by atomic mass is 32.2. The average Bonchev–Trinajstić information content (AvgIpc) is 3.39. The number of imidazole rings is 1. The van der Waals surface area contributed by atoms with Crippen molar-refractivity contribution in [2.75, 3.05) is 22.4 Å². The fourth-order valence-corrected chi connectivity index (χ4v) is 5.41. The molecule has 0 unspecified atom stereocenters. The van der Waals surface area contributed by atoms with Crippen LogP contribution in [0.15, 0.2) is 66.1 Å². The minimum absolute atomic E-state index is 0.00258. The normalized spacial score (nSPS) is 13.5. The molecular formula is C21H21N3O3S2. The first-order valence-corrected chi connectivity index (χ1v) is 12.0. The van der Waals surface area contributed by atoms with Crippen LogP contribution in [-0.4, -0.2) is 41.8 Å². The molecule has 0 fully saturated rings. The van der Waals surface area contributed by atoms with E-state index in [4.69, 9.17) is 0 Å². The van der Waals surface area contributed by atoms with Gasteiger partial charge in [0.2, 0.25) is 10.0 Å². The fourth-order valence-electron chi connectivity index (χ4n) is 3.38. The lowest BCUT2D eigenvalue weighted by Gasteiger charge is -2.18. The Labute approximate surface area is 174 Å². The first-order valence-electron chi connectivity index (χ1n) is 9.37. The van der Waals surface area contributed by atoms with E-state index in [1.54, 1.807) is 25.3 Å². The van der Waals surface area contributed by atoms with Crippen molar-refractivity contribution in [3.05, 3.63) is 72.1 Å². The number of ketones is 1. The lowest BCUT2D eigenvalue weighted by molar-refractivity contribution is 0.102. The third kappa shape index (κ3) is 3.95. The summed E-state index contributed by atoms with van der Waals surface area (Å²) < 4.78 is 27.8. The molecule has 0 N–H and O–H groups in total. The molecule has 0 spiro atoms. The summed E-state index contributed by atoms with van der Waals surface area (Å²) in [4.78, 5) is 17.1. The molecular weight excluding hydrogens is 406 g/mol. The zero-order valence-corrected chi connectivity index (χ0v) is 17.6. The van der Waals surface area contributed by atoms with Gasteiger partial charge in [-0.15, -0.1) is 0 Å². The van der Waals surface area contributed by atoms with Gasteiger partial charge in [-0.2, -0.15) is 0 Å². The largest absolute Gasteiger partial charge is 0.295 e. The summed E-state index contributed by atoms with van der Waals surface area (Å²) in [7, 11) is -3.28. The number of anilines is 1. The number of Topliss-reactive ketones (excluding diaryl/α,β-unsaturated/α-hetero) is 1. The number of aromatic nitrogens is 2. The van der Waals surface area contributed by atoms with Crippen LogP contribution in [0.1, 0.15) is 22.8 Å². The molecule has 1 aliphatic rings. The van der Waals surface area contributed by atoms with E-state index >= 15 is 0 Å². The second kappa shape index (κ2) is 8.04. The monoisotopic (exact) mass is 427 g/mol. The molecule has 2 aromatic carbocycles. The van der Waals surface area contributed by atoms with Crippen LogP contribution < -0.4 is 4.31 Å². The summed E-state index contributed by atoms with van der Waals surface area (Å²) in [5.74, 6) is 0.328. The van der Waals surface area contributed by atoms with Crippen molar-refractivity contribution < 1.29 is 13.2 Å². The first-order chi connectivity index (χ1) is 14.0. The van der Waals surface area contributed by atoms with Gasteiger partial charge >= 0.3 is 0 Å². The summed E-state index contributed by atoms with van der Waals surface area (Å²) >= 11 is 1.39. The van der Waals surface area contributed by atoms with Gasteiger partial charge in [-0.05, 0) is 49.2 Å². The minimum Gasteiger partial charge on any atom is -0.295 e. The molecule has 0 radical (unpaired) electrons. The zero-order chi connectivity index (χ0) is 20.4. The van der Waals surface area contributed by atoms with Gasteiger partial charge in [0.25, 0.3) is 0 Å². The summed E-state index contributed by atoms with van der Waals surface area (Å²) in [6, 6.07) is 15.1. The van der Waals surface area contributed by atoms with Crippen LogP contribution in [0.4, 0.5) is 5.69 Å². The molecule has 0 saturated carbocycles. The van der Waals surface area contributed by atoms with Crippen molar-refractivity contribution in [3.8, 4) is 5.69 Å². The highest BCUT2D eigenvalue weighted by Crippen LogP contribution is 2.32. The van der Waals surface area contributed by atoms with Crippen molar-refractivity contribution in [1.82, 2.24) is 9.55 Å². The first kappa shape index (κ1) is 19.7. The summed E-state index contributed by atoms with van der Waals surface area (Å²) in [5.41, 5.74) is 3.19. The number of carbonyl (C=O) groups excluding carboxylic acids is 1. The topological polar surface area (TPSA) is 72.3 Å². The van der Waals surface area contributed by atoms with E-state index in [0.717, 1.165) is 16.4 Å². The van der Waals surface area contributed by atoms with E-state index in [0.29, 0.717) is 24.2 Å². The third-order valence-electron chi connectivity index (χ3n) is 4.93. The number of nitrogens with zero attached hydrogens (tertiary/aromatic N) is 3. The predicted molar refractivity (Wildman–Crippen MR) is 116 cm³/mol. The number of sulfonamides is 1. The van der Waals surface area contributed by atoms with Crippen LogP contribution in [0.5, 0.6) is 0 Å². The number of benzene rings is 2. The van der Waals surface area contributed by atoms with Crippen LogP contribution in [0, 0.1) is 0 Å². The highest BCUT2D eigenvalue weighted by molar-refractivity contribution is 7.99. The Balaban J connectivity index is 1.48. The van der Waals surface area contributed by atoms with Crippen molar-refractivity contribution in [2.45, 2.75) is 18.5 Å². The molecule has 1 aliphatic heterocycles. The lowest BCUT2D eigenvalue weighted by atomic mass is 10.1. The fraction of sp³-hybridized carbons (Fsp3) is 0.238. The number of hydrogen-bond acceptors (Lipinski definition) is 5. The Morgan fingerprint density at radius 3 is 2.72 bits per heavy atom. The second-order valence-electron chi connectivity index (χ2n) is 6.69. The molecule has 0 atom stereocenters. The number of carbonyl (C=O) groups is 1. The van der Waals surface area contributed by atoms with Crippen LogP contribution in [0.2, 0.25) is 0 Å². The average molecular weight is 428 g/mol. The van der Waals surface area contributed by atoms with E-state index in [1.807, 2.05) is 47.2 Å². The van der Waals surface area contributed by atoms with Gasteiger partial charge in [0, 0.05) is 30.2 Å². The Morgan fingerprint density at radius 1 is 1.17 bits per heavy atom. The van der Waals surface area contributed by atoms with E-state index < -0.39 is 10.0 Å². The van der Waals surface area contributed by atoms with E-state index in [1.165, 1.54) is 16.1 Å². The quantitative estimate of drug-likeness (QED) is 0.426. The SMILES string of the molecule is CCS(=O)(=O)N1CCc2cc(C(=O)CSc3nccn3-c3ccccc3)ccc21. The molecule has 3 aromatic rings. The van der Waals surface area contributed by atoms with Gasteiger partial charge in [0.05, 0.1) is 17.2 Å². The maximum absolute atomic E-state index is 12.7. The van der Waals surface area contributed by atoms with Crippen LogP contribution in [-0.2, 0) is 16.4 Å². The molecule has 2 heterocycles. The lowest BCUT2D eigenvalue weighted by Crippen LogP contribution is -2.30. The number of rotatable bonds is 7. The van der Waals surface area contributed by atoms with Crippen LogP contribution in [0.3, 0.4) is 0 Å². The van der Waals surface area contributed by atoms with Crippen molar-refractivity contribution in [2.24, 2.45) is 0 Å². The van der Waals surface area contributed by atoms with Gasteiger partial charge in [-0.25, -0.2) is 13.4 Å². The molecule has 8 heteroatoms. The standard InChI is InChI=1S/C21H21N3O3S2/c1-2-29(26,27)24-12-10-16-14-17(8-9-19(16)24)20(25)15-28-21-22-11-13-23(21)18-6-4-3-5-7-18/h3-9,11,13-14H,2,10,12,15H2,1H3. The maximum Gasteiger partial charge on any atom is 0.234 e. The van der Waals surface area contributed by atoms with Gasteiger partial charge in [-0.3, -0.25) is 13.7 Å². The molecule has 6 nitrogen and oxygen atoms in total. The molecule has 0 saturated heterocycles. The van der Waals surface area contributed by atoms with Crippen molar-refractivity contribution in [3.63, 3.8) is 0 Å². The van der Waals surface area contributed by atoms with E-state index in [2.05, 4.69) is 4.98 Å². The molecule has 0 bridgehead atoms. The number of fused-ring (bicyclic) bond motifs is 1. The van der Waals surface area contributed by atoms with Crippen molar-refractivity contribution >= 4 is 33.3 Å². The zero-order valence-electron chi connectivity index (χ0n) is 16.0. The van der Waals surface area contributed by atoms with Crippen LogP contribution >= 0.6 is 11.8 Å². The number of thioether (sulfide) groups is 1. The Bertz CT molecular complexity index is 1140. The highest BCUT2D eigenvalue weighted by Gasteiger charge is 2.28. The van der Waals surface area contributed by atoms with Crippen LogP contribution in [0.25, 0.3) is 5.69 Å². The predicted octanol–water partition coefficient (Wildman–Crippen LogP) is 3.56. The second-order valence-corrected chi connectivity index (χ2v) is 9.82. The molecule has 0 aliphatic carbocycles. The molecule has 0 amide bonds. The van der Waals surface area contributed by atoms with Gasteiger partial charge in [-0.1, -0.05) is 30.0 Å². The Hall–Kier alpha value is -2.58. The van der Waals surface area contributed by atoms with E-state index in [9.17, 15) is 13.2 Å². The van der Waals surface area contributed by atoms with E-state index in [-0.39, 0.29) is 17.3 Å². The van der Waals surface area contributed by atoms with Gasteiger partial charge in [0.15, 0.2) is 10.9 Å². The smallest absolute Gasteiger partial charge is 0.234 e. The molecule has 150 valence electrons. The van der Waals surface area contributed by atoms with Crippen molar-refractivity contribution in [1.29, 1.82) is 0 Å².